The lowest BCUT2D eigenvalue weighted by atomic mass is 9.65. The predicted molar refractivity (Wildman–Crippen MR) is 479 cm³/mol. The Morgan fingerprint density at radius 2 is 0.583 bits per heavy atom. The highest BCUT2D eigenvalue weighted by molar-refractivity contribution is 6.03. The molecule has 8 heteroatoms. The van der Waals surface area contributed by atoms with Crippen molar-refractivity contribution >= 4 is 10.8 Å². The molecule has 19 aromatic rings. The van der Waals surface area contributed by atoms with Gasteiger partial charge in [0.05, 0.1) is 56.9 Å². The number of benzene rings is 17. The third-order valence-corrected chi connectivity index (χ3v) is 24.8. The molecule has 0 amide bonds. The van der Waals surface area contributed by atoms with Crippen LogP contribution in [0.25, 0.3) is 156 Å². The van der Waals surface area contributed by atoms with Crippen LogP contribution in [-0.4, -0.2) is 19.9 Å². The van der Waals surface area contributed by atoms with Crippen LogP contribution in [0.4, 0.5) is 0 Å². The fourth-order valence-electron chi connectivity index (χ4n) is 19.3. The third kappa shape index (κ3) is 10.9. The second-order valence-electron chi connectivity index (χ2n) is 31.2. The molecule has 0 unspecified atom stereocenters. The quantitative estimate of drug-likeness (QED) is 0.126. The number of rotatable bonds is 11. The highest BCUT2D eigenvalue weighted by Gasteiger charge is 2.54. The first-order valence-electron chi connectivity index (χ1n) is 40.4. The minimum absolute atomic E-state index is 0.596. The molecule has 2 aliphatic carbocycles. The van der Waals surface area contributed by atoms with E-state index >= 15 is 0 Å². The van der Waals surface area contributed by atoms with Crippen molar-refractivity contribution in [3.63, 3.8) is 0 Å². The smallest absolute Gasteiger partial charge is 0.160 e. The second-order valence-corrected chi connectivity index (χ2v) is 31.2. The average Bonchev–Trinajstić information content (AvgIpc) is 1.54. The molecule has 17 aromatic carbocycles. The van der Waals surface area contributed by atoms with E-state index in [-0.39, 0.29) is 0 Å². The molecular weight excluding hydrogens is 1460 g/mol. The number of fused-ring (bicyclic) bond motifs is 19. The average molecular weight is 1530 g/mol. The lowest BCUT2D eigenvalue weighted by molar-refractivity contribution is 0.436. The summed E-state index contributed by atoms with van der Waals surface area (Å²) in [7, 11) is 0. The van der Waals surface area contributed by atoms with Gasteiger partial charge in [-0.15, -0.1) is 0 Å². The van der Waals surface area contributed by atoms with E-state index in [1.165, 1.54) is 33.4 Å². The summed E-state index contributed by atoms with van der Waals surface area (Å²) in [5.41, 5.74) is 32.6. The molecule has 4 aliphatic rings. The first-order valence-corrected chi connectivity index (χ1v) is 40.4. The summed E-state index contributed by atoms with van der Waals surface area (Å²) < 4.78 is 14.4. The number of hydrogen-bond acceptors (Lipinski definition) is 8. The molecule has 4 heterocycles. The molecule has 2 aliphatic heterocycles. The summed E-state index contributed by atoms with van der Waals surface area (Å²) in [5, 5.41) is 21.9. The molecule has 0 fully saturated rings. The molecular formula is C112H66N6O2. The Bertz CT molecular complexity index is 7460. The van der Waals surface area contributed by atoms with Gasteiger partial charge in [0.15, 0.2) is 11.6 Å². The zero-order valence-corrected chi connectivity index (χ0v) is 64.6. The van der Waals surface area contributed by atoms with Gasteiger partial charge in [0.1, 0.15) is 23.0 Å². The van der Waals surface area contributed by atoms with Gasteiger partial charge in [0.25, 0.3) is 0 Å². The van der Waals surface area contributed by atoms with Crippen LogP contribution in [-0.2, 0) is 10.8 Å². The molecule has 8 nitrogen and oxygen atoms in total. The van der Waals surface area contributed by atoms with Crippen LogP contribution in [0.2, 0.25) is 0 Å². The Morgan fingerprint density at radius 3 is 1.17 bits per heavy atom. The van der Waals surface area contributed by atoms with Crippen molar-refractivity contribution in [2.75, 3.05) is 0 Å². The van der Waals surface area contributed by atoms with Gasteiger partial charge in [-0.05, 0) is 161 Å². The monoisotopic (exact) mass is 1530 g/mol. The van der Waals surface area contributed by atoms with Crippen molar-refractivity contribution in [3.05, 3.63) is 456 Å². The minimum atomic E-state index is -0.746. The van der Waals surface area contributed by atoms with Gasteiger partial charge in [-0.25, -0.2) is 19.9 Å². The lowest BCUT2D eigenvalue weighted by Crippen LogP contribution is -2.32. The molecule has 0 saturated carbocycles. The highest BCUT2D eigenvalue weighted by Crippen LogP contribution is 2.66. The topological polar surface area (TPSA) is 118 Å². The predicted octanol–water partition coefficient (Wildman–Crippen LogP) is 27.4. The van der Waals surface area contributed by atoms with Crippen molar-refractivity contribution in [1.29, 1.82) is 10.5 Å². The van der Waals surface area contributed by atoms with Crippen molar-refractivity contribution in [3.8, 4) is 181 Å². The summed E-state index contributed by atoms with van der Waals surface area (Å²) >= 11 is 0. The Balaban J connectivity index is 0.576. The summed E-state index contributed by atoms with van der Waals surface area (Å²) in [4.78, 5) is 21.5. The summed E-state index contributed by atoms with van der Waals surface area (Å²) in [6.07, 6.45) is 0. The Morgan fingerprint density at radius 1 is 0.208 bits per heavy atom. The summed E-state index contributed by atoms with van der Waals surface area (Å²) in [6.45, 7) is 0. The van der Waals surface area contributed by atoms with Gasteiger partial charge in [-0.1, -0.05) is 334 Å². The van der Waals surface area contributed by atoms with E-state index in [9.17, 15) is 10.5 Å². The van der Waals surface area contributed by atoms with Crippen LogP contribution in [0.5, 0.6) is 23.0 Å². The number of nitrogens with zero attached hydrogens (tertiary/aromatic N) is 6. The molecule has 0 N–H and O–H groups in total. The van der Waals surface area contributed by atoms with E-state index in [2.05, 4.69) is 328 Å². The molecule has 0 radical (unpaired) electrons. The van der Waals surface area contributed by atoms with E-state index in [0.29, 0.717) is 22.8 Å². The molecule has 0 atom stereocenters. The largest absolute Gasteiger partial charge is 0.457 e. The lowest BCUT2D eigenvalue weighted by Gasteiger charge is -2.41. The van der Waals surface area contributed by atoms with Crippen LogP contribution in [0.15, 0.2) is 400 Å². The van der Waals surface area contributed by atoms with Crippen molar-refractivity contribution in [1.82, 2.24) is 19.9 Å². The van der Waals surface area contributed by atoms with E-state index < -0.39 is 10.8 Å². The number of aromatic nitrogens is 4. The van der Waals surface area contributed by atoms with E-state index in [4.69, 9.17) is 29.4 Å². The molecule has 556 valence electrons. The van der Waals surface area contributed by atoms with Crippen molar-refractivity contribution in [2.24, 2.45) is 0 Å². The SMILES string of the molecule is N#Cc1ccc(-c2ccc3c(c2)-c2cc(-c4cc(-c5ccc(-c6cccc(-c7ccc(-c8cc(-c9ccccc9)nc(-c9cccc(-c%10cccc%11c%10Oc%10c(-c%12ccc(C#N)c%13ccccc%12%13)cccc%10C%11%10c%11ccccc%11-c%11ccccc%11%10)c9)n8)cc7)c6)cc5)nc(-c5ccccc5)n4)ccc2C32c3ccccc3Oc3ccccc32)cc1. The molecule has 0 bridgehead atoms. The third-order valence-electron chi connectivity index (χ3n) is 24.8. The maximum Gasteiger partial charge on any atom is 0.160 e. The maximum atomic E-state index is 10.3. The van der Waals surface area contributed by atoms with Crippen molar-refractivity contribution in [2.45, 2.75) is 10.8 Å². The van der Waals surface area contributed by atoms with Gasteiger partial charge in [-0.2, -0.15) is 10.5 Å². The van der Waals surface area contributed by atoms with E-state index in [0.717, 1.165) is 179 Å². The van der Waals surface area contributed by atoms with Crippen molar-refractivity contribution < 1.29 is 9.47 Å². The number of para-hydroxylation sites is 4. The number of hydrogen-bond donors (Lipinski definition) is 0. The van der Waals surface area contributed by atoms with E-state index in [1.54, 1.807) is 0 Å². The van der Waals surface area contributed by atoms with Gasteiger partial charge in [0, 0.05) is 72.1 Å². The first-order chi connectivity index (χ1) is 59.3. The Hall–Kier alpha value is -16.3. The number of ether oxygens (including phenoxy) is 2. The van der Waals surface area contributed by atoms with Crippen LogP contribution < -0.4 is 9.47 Å². The highest BCUT2D eigenvalue weighted by atomic mass is 16.5. The Labute approximate surface area is 693 Å². The Kier molecular flexibility index (Phi) is 16.0. The van der Waals surface area contributed by atoms with Crippen LogP contribution >= 0.6 is 0 Å². The molecule has 120 heavy (non-hydrogen) atoms. The van der Waals surface area contributed by atoms with Gasteiger partial charge >= 0.3 is 0 Å². The molecule has 2 spiro atoms. The maximum absolute atomic E-state index is 10.3. The fourth-order valence-corrected chi connectivity index (χ4v) is 19.3. The molecule has 23 rings (SSSR count). The zero-order valence-electron chi connectivity index (χ0n) is 64.6. The fraction of sp³-hybridized carbons (Fsp3) is 0.0179. The molecule has 0 saturated heterocycles. The number of nitriles is 2. The van der Waals surface area contributed by atoms with Crippen LogP contribution in [0.1, 0.15) is 55.6 Å². The second kappa shape index (κ2) is 27.8. The van der Waals surface area contributed by atoms with Crippen LogP contribution in [0.3, 0.4) is 0 Å². The first kappa shape index (κ1) is 69.3. The minimum Gasteiger partial charge on any atom is -0.457 e. The zero-order chi connectivity index (χ0) is 79.6. The standard InChI is InChI=1S/C112H66N6O2/c113-67-69-43-45-70(46-44-69)79-56-59-95-91(63-79)92-64-81(57-60-96(92)111(95)97-37-13-15-41-105(97)119-106-42-16-14-38-98(106)111)104-66-103(115-109(118-104)76-23-5-2-6-24-76)75-53-49-72(50-54-75)78-26-17-25-77(61-78)71-47-51-74(52-48-71)102-65-101(73-21-3-1-4-22-73)116-110(117-102)82-28-18-27-80(62-82)85-33-19-39-99-107(85)120-108-90(87-58-55-83(68-114)84-29-7-8-30-86(84)87)34-20-40-100(108)112(99)93-35-11-9-31-88(93)89-32-10-12-36-94(89)112/h1-66H. The van der Waals surface area contributed by atoms with E-state index in [1.807, 2.05) is 84.9 Å². The van der Waals surface area contributed by atoms with Gasteiger partial charge in [0.2, 0.25) is 0 Å². The van der Waals surface area contributed by atoms with Gasteiger partial charge in [-0.3, -0.25) is 0 Å². The summed E-state index contributed by atoms with van der Waals surface area (Å²) in [5.74, 6) is 4.44. The molecule has 2 aromatic heterocycles. The summed E-state index contributed by atoms with van der Waals surface area (Å²) in [6, 6.07) is 146. The normalized spacial score (nSPS) is 12.9. The van der Waals surface area contributed by atoms with Crippen LogP contribution in [0, 0.1) is 22.7 Å². The van der Waals surface area contributed by atoms with Gasteiger partial charge < -0.3 is 9.47 Å².